The van der Waals surface area contributed by atoms with E-state index in [4.69, 9.17) is 5.73 Å². The predicted molar refractivity (Wildman–Crippen MR) is 66.4 cm³/mol. The molecule has 3 nitrogen and oxygen atoms in total. The van der Waals surface area contributed by atoms with Crippen LogP contribution in [-0.4, -0.2) is 23.7 Å². The zero-order chi connectivity index (χ0) is 14.7. The molecule has 0 spiro atoms. The molecule has 1 unspecified atom stereocenters. The van der Waals surface area contributed by atoms with Crippen LogP contribution in [0.25, 0.3) is 0 Å². The number of rotatable bonds is 4. The van der Waals surface area contributed by atoms with E-state index in [0.717, 1.165) is 0 Å². The molecule has 1 rings (SSSR count). The molecule has 0 fully saturated rings. The third kappa shape index (κ3) is 4.90. The van der Waals surface area contributed by atoms with E-state index in [1.54, 1.807) is 30.3 Å². The van der Waals surface area contributed by atoms with Gasteiger partial charge in [-0.05, 0) is 19.4 Å². The minimum Gasteiger partial charge on any atom is -0.343 e. The highest BCUT2D eigenvalue weighted by molar-refractivity contribution is 5.85. The molecule has 106 valence electrons. The fraction of sp³-hybridized carbons (Fsp3) is 0.462. The van der Waals surface area contributed by atoms with Gasteiger partial charge in [0.2, 0.25) is 5.91 Å². The van der Waals surface area contributed by atoms with Gasteiger partial charge < -0.3 is 11.1 Å². The Morgan fingerprint density at radius 2 is 1.79 bits per heavy atom. The van der Waals surface area contributed by atoms with E-state index in [0.29, 0.717) is 5.56 Å². The average molecular weight is 274 g/mol. The molecule has 0 bridgehead atoms. The fourth-order valence-electron chi connectivity index (χ4n) is 1.44. The lowest BCUT2D eigenvalue weighted by Crippen LogP contribution is -2.56. The van der Waals surface area contributed by atoms with Crippen LogP contribution in [0.4, 0.5) is 13.2 Å². The Morgan fingerprint density at radius 1 is 1.26 bits per heavy atom. The highest BCUT2D eigenvalue weighted by Gasteiger charge is 2.42. The minimum atomic E-state index is -4.52. The summed E-state index contributed by atoms with van der Waals surface area (Å²) in [6, 6.07) is 6.24. The standard InChI is InChI=1S/C13H17F3N2O/c1-12(2,17)11(19)18-10(13(14,15)16)8-9-6-4-3-5-7-9/h3-7,10H,8,17H2,1-2H3,(H,18,19). The summed E-state index contributed by atoms with van der Waals surface area (Å²) in [5, 5.41) is 1.96. The average Bonchev–Trinajstić information content (AvgIpc) is 2.27. The molecule has 0 aliphatic rings. The van der Waals surface area contributed by atoms with E-state index < -0.39 is 23.7 Å². The first-order valence-electron chi connectivity index (χ1n) is 5.81. The quantitative estimate of drug-likeness (QED) is 0.882. The van der Waals surface area contributed by atoms with Gasteiger partial charge in [0.15, 0.2) is 0 Å². The number of alkyl halides is 3. The topological polar surface area (TPSA) is 55.1 Å². The van der Waals surface area contributed by atoms with Crippen molar-refractivity contribution in [2.24, 2.45) is 5.73 Å². The van der Waals surface area contributed by atoms with Gasteiger partial charge in [-0.1, -0.05) is 30.3 Å². The molecule has 0 heterocycles. The summed E-state index contributed by atoms with van der Waals surface area (Å²) in [5.74, 6) is -0.828. The van der Waals surface area contributed by atoms with Crippen LogP contribution in [0.15, 0.2) is 30.3 Å². The van der Waals surface area contributed by atoms with Crippen molar-refractivity contribution in [3.8, 4) is 0 Å². The van der Waals surface area contributed by atoms with Crippen molar-refractivity contribution in [3.63, 3.8) is 0 Å². The SMILES string of the molecule is CC(C)(N)C(=O)NC(Cc1ccccc1)C(F)(F)F. The van der Waals surface area contributed by atoms with Crippen LogP contribution < -0.4 is 11.1 Å². The van der Waals surface area contributed by atoms with Gasteiger partial charge in [0, 0.05) is 6.42 Å². The number of hydrogen-bond donors (Lipinski definition) is 2. The Balaban J connectivity index is 2.83. The van der Waals surface area contributed by atoms with Crippen LogP contribution in [-0.2, 0) is 11.2 Å². The van der Waals surface area contributed by atoms with Crippen molar-refractivity contribution >= 4 is 5.91 Å². The van der Waals surface area contributed by atoms with Crippen molar-refractivity contribution in [2.75, 3.05) is 0 Å². The van der Waals surface area contributed by atoms with Crippen molar-refractivity contribution in [1.29, 1.82) is 0 Å². The van der Waals surface area contributed by atoms with E-state index in [1.165, 1.54) is 13.8 Å². The molecule has 1 aromatic rings. The Bertz CT molecular complexity index is 424. The molecule has 0 aliphatic carbocycles. The van der Waals surface area contributed by atoms with Crippen molar-refractivity contribution in [3.05, 3.63) is 35.9 Å². The number of benzene rings is 1. The molecule has 0 aromatic heterocycles. The van der Waals surface area contributed by atoms with Gasteiger partial charge >= 0.3 is 6.18 Å². The third-order valence-electron chi connectivity index (χ3n) is 2.57. The molecule has 0 saturated carbocycles. The van der Waals surface area contributed by atoms with Gasteiger partial charge in [0.25, 0.3) is 0 Å². The number of nitrogens with one attached hydrogen (secondary N) is 1. The molecule has 19 heavy (non-hydrogen) atoms. The van der Waals surface area contributed by atoms with Gasteiger partial charge in [0.1, 0.15) is 6.04 Å². The molecule has 6 heteroatoms. The molecular weight excluding hydrogens is 257 g/mol. The number of nitrogens with two attached hydrogens (primary N) is 1. The van der Waals surface area contributed by atoms with E-state index >= 15 is 0 Å². The van der Waals surface area contributed by atoms with Crippen LogP contribution >= 0.6 is 0 Å². The summed E-state index contributed by atoms with van der Waals surface area (Å²) >= 11 is 0. The van der Waals surface area contributed by atoms with Gasteiger partial charge in [-0.3, -0.25) is 4.79 Å². The van der Waals surface area contributed by atoms with Crippen LogP contribution in [0.3, 0.4) is 0 Å². The van der Waals surface area contributed by atoms with E-state index in [2.05, 4.69) is 0 Å². The first-order chi connectivity index (χ1) is 8.60. The van der Waals surface area contributed by atoms with Crippen LogP contribution in [0.1, 0.15) is 19.4 Å². The lowest BCUT2D eigenvalue weighted by Gasteiger charge is -2.26. The predicted octanol–water partition coefficient (Wildman–Crippen LogP) is 2.01. The number of amides is 1. The first-order valence-corrected chi connectivity index (χ1v) is 5.81. The maximum atomic E-state index is 12.9. The lowest BCUT2D eigenvalue weighted by atomic mass is 10.0. The lowest BCUT2D eigenvalue weighted by molar-refractivity contribution is -0.162. The zero-order valence-corrected chi connectivity index (χ0v) is 10.8. The number of carbonyl (C=O) groups is 1. The first kappa shape index (κ1) is 15.5. The summed E-state index contributed by atoms with van der Waals surface area (Å²) in [5.41, 5.74) is 4.64. The molecule has 1 atom stereocenters. The Hall–Kier alpha value is -1.56. The zero-order valence-electron chi connectivity index (χ0n) is 10.8. The largest absolute Gasteiger partial charge is 0.408 e. The Morgan fingerprint density at radius 3 is 2.21 bits per heavy atom. The maximum Gasteiger partial charge on any atom is 0.408 e. The maximum absolute atomic E-state index is 12.9. The van der Waals surface area contributed by atoms with Gasteiger partial charge in [0.05, 0.1) is 5.54 Å². The van der Waals surface area contributed by atoms with Crippen LogP contribution in [0, 0.1) is 0 Å². The second-order valence-electron chi connectivity index (χ2n) is 4.98. The smallest absolute Gasteiger partial charge is 0.343 e. The third-order valence-corrected chi connectivity index (χ3v) is 2.57. The number of halogens is 3. The van der Waals surface area contributed by atoms with Gasteiger partial charge in [-0.25, -0.2) is 0 Å². The Kier molecular flexibility index (Phi) is 4.57. The second-order valence-corrected chi connectivity index (χ2v) is 4.98. The summed E-state index contributed by atoms with van der Waals surface area (Å²) in [6.07, 6.45) is -4.83. The Labute approximate surface area is 110 Å². The highest BCUT2D eigenvalue weighted by atomic mass is 19.4. The van der Waals surface area contributed by atoms with Gasteiger partial charge in [-0.15, -0.1) is 0 Å². The fourth-order valence-corrected chi connectivity index (χ4v) is 1.44. The molecule has 0 aliphatic heterocycles. The molecular formula is C13H17F3N2O. The highest BCUT2D eigenvalue weighted by Crippen LogP contribution is 2.23. The van der Waals surface area contributed by atoms with Crippen LogP contribution in [0.5, 0.6) is 0 Å². The summed E-state index contributed by atoms with van der Waals surface area (Å²) in [4.78, 5) is 11.6. The molecule has 3 N–H and O–H groups in total. The van der Waals surface area contributed by atoms with Crippen LogP contribution in [0.2, 0.25) is 0 Å². The minimum absolute atomic E-state index is 0.313. The molecule has 0 radical (unpaired) electrons. The van der Waals surface area contributed by atoms with Crippen molar-refractivity contribution < 1.29 is 18.0 Å². The second kappa shape index (κ2) is 5.61. The molecule has 1 amide bonds. The normalized spacial score (nSPS) is 14.0. The van der Waals surface area contributed by atoms with E-state index in [-0.39, 0.29) is 6.42 Å². The number of carbonyl (C=O) groups excluding carboxylic acids is 1. The van der Waals surface area contributed by atoms with E-state index in [1.807, 2.05) is 5.32 Å². The molecule has 1 aromatic carbocycles. The van der Waals surface area contributed by atoms with Gasteiger partial charge in [-0.2, -0.15) is 13.2 Å². The molecule has 0 saturated heterocycles. The monoisotopic (exact) mass is 274 g/mol. The van der Waals surface area contributed by atoms with E-state index in [9.17, 15) is 18.0 Å². The summed E-state index contributed by atoms with van der Waals surface area (Å²) in [6.45, 7) is 2.72. The van der Waals surface area contributed by atoms with Crippen molar-refractivity contribution in [2.45, 2.75) is 38.0 Å². The van der Waals surface area contributed by atoms with Crippen molar-refractivity contribution in [1.82, 2.24) is 5.32 Å². The summed E-state index contributed by atoms with van der Waals surface area (Å²) < 4.78 is 38.7. The number of hydrogen-bond acceptors (Lipinski definition) is 2. The summed E-state index contributed by atoms with van der Waals surface area (Å²) in [7, 11) is 0.